The normalized spacial score (nSPS) is 9.00. The number of carboxylic acid groups (broad SMARTS) is 1. The van der Waals surface area contributed by atoms with E-state index in [1.54, 1.807) is 0 Å². The predicted octanol–water partition coefficient (Wildman–Crippen LogP) is -0.595. The monoisotopic (exact) mass is 134 g/mol. The quantitative estimate of drug-likeness (QED) is 0.355. The van der Waals surface area contributed by atoms with Crippen molar-refractivity contribution in [3.8, 4) is 0 Å². The van der Waals surface area contributed by atoms with E-state index in [-0.39, 0.29) is 0 Å². The highest BCUT2D eigenvalue weighted by Crippen LogP contribution is 1.59. The van der Waals surface area contributed by atoms with Crippen LogP contribution in [0.25, 0.3) is 0 Å². The van der Waals surface area contributed by atoms with E-state index in [1.165, 1.54) is 7.11 Å². The molecular weight excluding hydrogens is 124 g/mol. The molecule has 0 saturated heterocycles. The first-order valence-corrected chi connectivity index (χ1v) is 2.50. The highest BCUT2D eigenvalue weighted by atomic mass is 16.6. The number of hydroxylamine groups is 1. The summed E-state index contributed by atoms with van der Waals surface area (Å²) in [6.45, 7) is 0.825. The van der Waals surface area contributed by atoms with Gasteiger partial charge in [0.25, 0.3) is 0 Å². The van der Waals surface area contributed by atoms with Gasteiger partial charge in [-0.15, -0.1) is 0 Å². The minimum Gasteiger partial charge on any atom is -0.465 e. The van der Waals surface area contributed by atoms with E-state index in [0.29, 0.717) is 13.1 Å². The van der Waals surface area contributed by atoms with Crippen LogP contribution in [0, 0.1) is 0 Å². The maximum absolute atomic E-state index is 9.78. The van der Waals surface area contributed by atoms with Gasteiger partial charge in [0.2, 0.25) is 0 Å². The maximum atomic E-state index is 9.78. The van der Waals surface area contributed by atoms with Crippen molar-refractivity contribution in [1.82, 2.24) is 10.8 Å². The molecule has 0 atom stereocenters. The lowest BCUT2D eigenvalue weighted by atomic mass is 10.6. The zero-order valence-electron chi connectivity index (χ0n) is 5.18. The molecule has 0 spiro atoms. The summed E-state index contributed by atoms with van der Waals surface area (Å²) in [5.41, 5.74) is 2.48. The first kappa shape index (κ1) is 8.19. The van der Waals surface area contributed by atoms with Gasteiger partial charge >= 0.3 is 6.09 Å². The molecule has 0 rings (SSSR count). The van der Waals surface area contributed by atoms with Gasteiger partial charge in [-0.25, -0.2) is 10.3 Å². The smallest absolute Gasteiger partial charge is 0.404 e. The second-order valence-corrected chi connectivity index (χ2v) is 1.33. The van der Waals surface area contributed by atoms with Crippen LogP contribution in [0.4, 0.5) is 4.79 Å². The number of rotatable bonds is 4. The fourth-order valence-corrected chi connectivity index (χ4v) is 0.323. The van der Waals surface area contributed by atoms with Gasteiger partial charge in [-0.1, -0.05) is 0 Å². The number of hydrogen-bond acceptors (Lipinski definition) is 3. The van der Waals surface area contributed by atoms with E-state index >= 15 is 0 Å². The molecule has 0 aliphatic heterocycles. The average molecular weight is 134 g/mol. The second kappa shape index (κ2) is 5.33. The van der Waals surface area contributed by atoms with E-state index < -0.39 is 6.09 Å². The third-order valence-corrected chi connectivity index (χ3v) is 0.648. The summed E-state index contributed by atoms with van der Waals surface area (Å²) in [7, 11) is 1.47. The molecule has 0 aliphatic rings. The van der Waals surface area contributed by atoms with E-state index in [1.807, 2.05) is 0 Å². The van der Waals surface area contributed by atoms with Gasteiger partial charge in [-0.05, 0) is 0 Å². The van der Waals surface area contributed by atoms with Crippen molar-refractivity contribution in [2.24, 2.45) is 0 Å². The lowest BCUT2D eigenvalue weighted by Gasteiger charge is -1.99. The summed E-state index contributed by atoms with van der Waals surface area (Å²) < 4.78 is 0. The molecule has 0 aromatic heterocycles. The molecule has 0 fully saturated rings. The maximum Gasteiger partial charge on any atom is 0.404 e. The Hall–Kier alpha value is -0.810. The van der Waals surface area contributed by atoms with Crippen molar-refractivity contribution >= 4 is 6.09 Å². The van der Waals surface area contributed by atoms with Crippen LogP contribution < -0.4 is 10.8 Å². The van der Waals surface area contributed by atoms with Crippen LogP contribution in [-0.2, 0) is 4.84 Å². The van der Waals surface area contributed by atoms with E-state index in [0.717, 1.165) is 0 Å². The summed E-state index contributed by atoms with van der Waals surface area (Å²) in [5.74, 6) is 0. The van der Waals surface area contributed by atoms with Crippen molar-refractivity contribution in [2.45, 2.75) is 0 Å². The first-order valence-electron chi connectivity index (χ1n) is 2.50. The zero-order chi connectivity index (χ0) is 7.11. The summed E-state index contributed by atoms with van der Waals surface area (Å²) in [4.78, 5) is 14.2. The Kier molecular flexibility index (Phi) is 4.85. The lowest BCUT2D eigenvalue weighted by molar-refractivity contribution is 0.0923. The molecule has 9 heavy (non-hydrogen) atoms. The first-order chi connectivity index (χ1) is 4.27. The minimum atomic E-state index is -1.02. The lowest BCUT2D eigenvalue weighted by Crippen LogP contribution is -2.30. The van der Waals surface area contributed by atoms with Crippen LogP contribution in [0.2, 0.25) is 0 Å². The SMILES string of the molecule is CONCCNC(=O)O. The second-order valence-electron chi connectivity index (χ2n) is 1.33. The van der Waals surface area contributed by atoms with Gasteiger partial charge < -0.3 is 15.3 Å². The molecule has 5 heteroatoms. The fraction of sp³-hybridized carbons (Fsp3) is 0.750. The molecule has 0 heterocycles. The molecular formula is C4H10N2O3. The van der Waals surface area contributed by atoms with Crippen LogP contribution in [0.15, 0.2) is 0 Å². The number of nitrogens with one attached hydrogen (secondary N) is 2. The molecule has 5 nitrogen and oxygen atoms in total. The molecule has 1 amide bonds. The van der Waals surface area contributed by atoms with E-state index in [4.69, 9.17) is 5.11 Å². The van der Waals surface area contributed by atoms with Crippen LogP contribution in [0.1, 0.15) is 0 Å². The van der Waals surface area contributed by atoms with Crippen molar-refractivity contribution in [1.29, 1.82) is 0 Å². The number of hydrogen-bond donors (Lipinski definition) is 3. The van der Waals surface area contributed by atoms with Crippen LogP contribution in [0.3, 0.4) is 0 Å². The Balaban J connectivity index is 2.83. The molecule has 0 unspecified atom stereocenters. The third kappa shape index (κ3) is 7.19. The Labute approximate surface area is 53.0 Å². The van der Waals surface area contributed by atoms with Crippen molar-refractivity contribution in [3.63, 3.8) is 0 Å². The van der Waals surface area contributed by atoms with Crippen molar-refractivity contribution in [2.75, 3.05) is 20.2 Å². The molecule has 54 valence electrons. The Morgan fingerprint density at radius 3 is 2.78 bits per heavy atom. The summed E-state index contributed by atoms with van der Waals surface area (Å²) in [6, 6.07) is 0. The molecule has 0 aromatic rings. The summed E-state index contributed by atoms with van der Waals surface area (Å²) in [6.07, 6.45) is -1.02. The Morgan fingerprint density at radius 2 is 2.33 bits per heavy atom. The van der Waals surface area contributed by atoms with Crippen LogP contribution in [0.5, 0.6) is 0 Å². The molecule has 0 aromatic carbocycles. The standard InChI is InChI=1S/C4H10N2O3/c1-9-6-3-2-5-4(7)8/h5-6H,2-3H2,1H3,(H,7,8). The van der Waals surface area contributed by atoms with Gasteiger partial charge in [0.15, 0.2) is 0 Å². The highest BCUT2D eigenvalue weighted by Gasteiger charge is 1.89. The molecule has 0 radical (unpaired) electrons. The van der Waals surface area contributed by atoms with Crippen LogP contribution >= 0.6 is 0 Å². The molecule has 0 aliphatic carbocycles. The van der Waals surface area contributed by atoms with E-state index in [2.05, 4.69) is 15.6 Å². The van der Waals surface area contributed by atoms with Crippen LogP contribution in [-0.4, -0.2) is 31.4 Å². The van der Waals surface area contributed by atoms with E-state index in [9.17, 15) is 4.79 Å². The molecule has 0 saturated carbocycles. The zero-order valence-corrected chi connectivity index (χ0v) is 5.18. The summed E-state index contributed by atoms with van der Waals surface area (Å²) >= 11 is 0. The topological polar surface area (TPSA) is 70.6 Å². The minimum absolute atomic E-state index is 0.350. The number of carbonyl (C=O) groups is 1. The van der Waals surface area contributed by atoms with Crippen molar-refractivity contribution in [3.05, 3.63) is 0 Å². The van der Waals surface area contributed by atoms with Gasteiger partial charge in [0, 0.05) is 13.1 Å². The Bertz CT molecular complexity index is 85.9. The van der Waals surface area contributed by atoms with Gasteiger partial charge in [-0.2, -0.15) is 0 Å². The highest BCUT2D eigenvalue weighted by molar-refractivity contribution is 5.64. The van der Waals surface area contributed by atoms with Gasteiger partial charge in [0.05, 0.1) is 7.11 Å². The third-order valence-electron chi connectivity index (χ3n) is 0.648. The number of amides is 1. The average Bonchev–Trinajstić information content (AvgIpc) is 1.80. The fourth-order valence-electron chi connectivity index (χ4n) is 0.323. The molecule has 0 bridgehead atoms. The van der Waals surface area contributed by atoms with Gasteiger partial charge in [-0.3, -0.25) is 0 Å². The Morgan fingerprint density at radius 1 is 1.67 bits per heavy atom. The largest absolute Gasteiger partial charge is 0.465 e. The summed E-state index contributed by atoms with van der Waals surface area (Å²) in [5, 5.41) is 10.2. The van der Waals surface area contributed by atoms with Gasteiger partial charge in [0.1, 0.15) is 0 Å². The predicted molar refractivity (Wildman–Crippen MR) is 31.0 cm³/mol. The van der Waals surface area contributed by atoms with Crippen molar-refractivity contribution < 1.29 is 14.7 Å². The molecule has 3 N–H and O–H groups in total.